The molecule has 0 radical (unpaired) electrons. The first-order valence-electron chi connectivity index (χ1n) is 8.08. The lowest BCUT2D eigenvalue weighted by Crippen LogP contribution is -2.06. The van der Waals surface area contributed by atoms with Gasteiger partial charge in [-0.15, -0.1) is 11.3 Å². The van der Waals surface area contributed by atoms with E-state index in [9.17, 15) is 9.59 Å². The molecular weight excluding hydrogens is 350 g/mol. The Morgan fingerprint density at radius 1 is 1.23 bits per heavy atom. The fourth-order valence-corrected chi connectivity index (χ4v) is 3.82. The second-order valence-corrected chi connectivity index (χ2v) is 7.10. The number of fused-ring (bicyclic) bond motifs is 2. The molecule has 0 saturated carbocycles. The van der Waals surface area contributed by atoms with E-state index in [-0.39, 0.29) is 23.5 Å². The predicted octanol–water partition coefficient (Wildman–Crippen LogP) is 4.49. The second-order valence-electron chi connectivity index (χ2n) is 5.98. The van der Waals surface area contributed by atoms with Gasteiger partial charge in [0, 0.05) is 11.5 Å². The van der Waals surface area contributed by atoms with Crippen LogP contribution in [-0.2, 0) is 6.61 Å². The van der Waals surface area contributed by atoms with Crippen LogP contribution < -0.4 is 10.4 Å². The zero-order valence-corrected chi connectivity index (χ0v) is 15.1. The maximum Gasteiger partial charge on any atom is 0.336 e. The Hall–Kier alpha value is -2.99. The van der Waals surface area contributed by atoms with Crippen LogP contribution in [0.1, 0.15) is 27.9 Å². The normalized spacial score (nSPS) is 11.2. The maximum atomic E-state index is 12.2. The number of hydrogen-bond acceptors (Lipinski definition) is 6. The minimum Gasteiger partial charge on any atom is -0.486 e. The zero-order valence-electron chi connectivity index (χ0n) is 14.2. The highest BCUT2D eigenvalue weighted by molar-refractivity contribution is 7.18. The number of Topliss-reactive ketones (excluding diaryl/α,β-unsaturated/α-hetero) is 1. The molecular formula is C20H15NO4S. The highest BCUT2D eigenvalue weighted by Gasteiger charge is 2.18. The van der Waals surface area contributed by atoms with E-state index in [1.54, 1.807) is 23.5 Å². The number of aromatic nitrogens is 1. The molecule has 26 heavy (non-hydrogen) atoms. The Kier molecular flexibility index (Phi) is 4.05. The highest BCUT2D eigenvalue weighted by Crippen LogP contribution is 2.31. The Morgan fingerprint density at radius 3 is 2.81 bits per heavy atom. The molecule has 5 nitrogen and oxygen atoms in total. The molecule has 2 heterocycles. The van der Waals surface area contributed by atoms with Gasteiger partial charge in [-0.05, 0) is 43.7 Å². The van der Waals surface area contributed by atoms with Gasteiger partial charge in [0.05, 0.1) is 10.2 Å². The quantitative estimate of drug-likeness (QED) is 0.394. The third kappa shape index (κ3) is 2.88. The molecule has 0 saturated heterocycles. The van der Waals surface area contributed by atoms with E-state index in [2.05, 4.69) is 4.98 Å². The molecule has 0 N–H and O–H groups in total. The summed E-state index contributed by atoms with van der Waals surface area (Å²) >= 11 is 1.54. The SMILES string of the molecule is CC(=O)c1c(OCc2nc3ccccc3s2)ccc2c(C)cc(=O)oc12. The summed E-state index contributed by atoms with van der Waals surface area (Å²) in [6, 6.07) is 12.8. The van der Waals surface area contributed by atoms with Crippen LogP contribution in [0.5, 0.6) is 5.75 Å². The van der Waals surface area contributed by atoms with Gasteiger partial charge >= 0.3 is 5.63 Å². The molecule has 2 aromatic carbocycles. The van der Waals surface area contributed by atoms with E-state index in [0.29, 0.717) is 5.75 Å². The summed E-state index contributed by atoms with van der Waals surface area (Å²) in [4.78, 5) is 28.5. The van der Waals surface area contributed by atoms with Gasteiger partial charge < -0.3 is 9.15 Å². The number of para-hydroxylation sites is 1. The van der Waals surface area contributed by atoms with Crippen molar-refractivity contribution in [2.75, 3.05) is 0 Å². The monoisotopic (exact) mass is 365 g/mol. The zero-order chi connectivity index (χ0) is 18.3. The largest absolute Gasteiger partial charge is 0.486 e. The predicted molar refractivity (Wildman–Crippen MR) is 101 cm³/mol. The van der Waals surface area contributed by atoms with Crippen LogP contribution in [0.3, 0.4) is 0 Å². The summed E-state index contributed by atoms with van der Waals surface area (Å²) in [7, 11) is 0. The van der Waals surface area contributed by atoms with Crippen molar-refractivity contribution in [2.45, 2.75) is 20.5 Å². The molecule has 2 aromatic heterocycles. The van der Waals surface area contributed by atoms with Crippen LogP contribution >= 0.6 is 11.3 Å². The molecule has 0 spiro atoms. The van der Waals surface area contributed by atoms with Crippen molar-refractivity contribution >= 4 is 38.3 Å². The lowest BCUT2D eigenvalue weighted by molar-refractivity contribution is 0.101. The van der Waals surface area contributed by atoms with Crippen molar-refractivity contribution in [3.05, 3.63) is 69.0 Å². The van der Waals surface area contributed by atoms with Crippen LogP contribution in [0.15, 0.2) is 51.7 Å². The molecule has 0 aliphatic heterocycles. The molecule has 0 aliphatic carbocycles. The Morgan fingerprint density at radius 2 is 2.04 bits per heavy atom. The number of ketones is 1. The van der Waals surface area contributed by atoms with Gasteiger partial charge in [0.2, 0.25) is 0 Å². The fraction of sp³-hybridized carbons (Fsp3) is 0.150. The van der Waals surface area contributed by atoms with Gasteiger partial charge in [0.25, 0.3) is 0 Å². The van der Waals surface area contributed by atoms with Gasteiger partial charge in [-0.1, -0.05) is 12.1 Å². The van der Waals surface area contributed by atoms with Crippen molar-refractivity contribution in [1.29, 1.82) is 0 Å². The first-order chi connectivity index (χ1) is 12.5. The van der Waals surface area contributed by atoms with Gasteiger partial charge in [0.15, 0.2) is 11.4 Å². The van der Waals surface area contributed by atoms with Crippen molar-refractivity contribution in [3.63, 3.8) is 0 Å². The third-order valence-corrected chi connectivity index (χ3v) is 5.13. The standard InChI is InChI=1S/C20H15NO4S/c1-11-9-18(23)25-20-13(11)7-8-15(19(20)12(2)22)24-10-17-21-14-5-3-4-6-16(14)26-17/h3-9H,10H2,1-2H3. The number of aryl methyl sites for hydroxylation is 1. The molecule has 4 rings (SSSR count). The Labute approximate surface area is 152 Å². The van der Waals surface area contributed by atoms with Gasteiger partial charge in [-0.3, -0.25) is 4.79 Å². The van der Waals surface area contributed by atoms with E-state index in [1.165, 1.54) is 13.0 Å². The number of nitrogens with zero attached hydrogens (tertiary/aromatic N) is 1. The smallest absolute Gasteiger partial charge is 0.336 e. The fourth-order valence-electron chi connectivity index (χ4n) is 2.94. The van der Waals surface area contributed by atoms with E-state index < -0.39 is 5.63 Å². The minimum atomic E-state index is -0.485. The lowest BCUT2D eigenvalue weighted by atomic mass is 10.0. The van der Waals surface area contributed by atoms with Gasteiger partial charge in [-0.2, -0.15) is 0 Å². The van der Waals surface area contributed by atoms with Crippen molar-refractivity contribution in [3.8, 4) is 5.75 Å². The van der Waals surface area contributed by atoms with Crippen LogP contribution in [0, 0.1) is 6.92 Å². The van der Waals surface area contributed by atoms with E-state index in [0.717, 1.165) is 26.2 Å². The van der Waals surface area contributed by atoms with Crippen LogP contribution in [-0.4, -0.2) is 10.8 Å². The van der Waals surface area contributed by atoms with Crippen molar-refractivity contribution in [1.82, 2.24) is 4.98 Å². The number of ether oxygens (including phenoxy) is 1. The number of benzene rings is 2. The maximum absolute atomic E-state index is 12.2. The van der Waals surface area contributed by atoms with E-state index in [4.69, 9.17) is 9.15 Å². The summed E-state index contributed by atoms with van der Waals surface area (Å²) in [6.45, 7) is 3.48. The van der Waals surface area contributed by atoms with Crippen molar-refractivity contribution in [2.24, 2.45) is 0 Å². The van der Waals surface area contributed by atoms with Crippen LogP contribution in [0.25, 0.3) is 21.2 Å². The van der Waals surface area contributed by atoms with Crippen LogP contribution in [0.4, 0.5) is 0 Å². The number of rotatable bonds is 4. The minimum absolute atomic E-state index is 0.219. The van der Waals surface area contributed by atoms with E-state index in [1.807, 2.05) is 31.2 Å². The molecule has 0 aliphatic rings. The highest BCUT2D eigenvalue weighted by atomic mass is 32.1. The molecule has 0 amide bonds. The molecule has 0 atom stereocenters. The molecule has 6 heteroatoms. The summed E-state index contributed by atoms with van der Waals surface area (Å²) in [5.41, 5.74) is 1.74. The topological polar surface area (TPSA) is 69.4 Å². The summed E-state index contributed by atoms with van der Waals surface area (Å²) in [6.07, 6.45) is 0. The number of carbonyl (C=O) groups is 1. The summed E-state index contributed by atoms with van der Waals surface area (Å²) in [5.74, 6) is 0.168. The molecule has 0 fully saturated rings. The Bertz CT molecular complexity index is 1170. The lowest BCUT2D eigenvalue weighted by Gasteiger charge is -2.11. The third-order valence-electron chi connectivity index (χ3n) is 4.12. The summed E-state index contributed by atoms with van der Waals surface area (Å²) in [5, 5.41) is 1.54. The Balaban J connectivity index is 1.74. The number of carbonyl (C=O) groups excluding carboxylic acids is 1. The molecule has 0 bridgehead atoms. The molecule has 0 unspecified atom stereocenters. The van der Waals surface area contributed by atoms with Gasteiger partial charge in [-0.25, -0.2) is 9.78 Å². The summed E-state index contributed by atoms with van der Waals surface area (Å²) < 4.78 is 12.3. The van der Waals surface area contributed by atoms with Crippen molar-refractivity contribution < 1.29 is 13.9 Å². The first-order valence-corrected chi connectivity index (χ1v) is 8.90. The number of hydrogen-bond donors (Lipinski definition) is 0. The molecule has 4 aromatic rings. The first kappa shape index (κ1) is 16.5. The van der Waals surface area contributed by atoms with E-state index >= 15 is 0 Å². The average molecular weight is 365 g/mol. The van der Waals surface area contributed by atoms with Gasteiger partial charge in [0.1, 0.15) is 22.9 Å². The van der Waals surface area contributed by atoms with Crippen LogP contribution in [0.2, 0.25) is 0 Å². The second kappa shape index (κ2) is 6.38. The molecule has 130 valence electrons. The number of thiazole rings is 1. The average Bonchev–Trinajstić information content (AvgIpc) is 3.01.